The number of rotatable bonds is 5. The molecule has 0 aliphatic carbocycles. The lowest BCUT2D eigenvalue weighted by Crippen LogP contribution is -2.43. The van der Waals surface area contributed by atoms with Crippen LogP contribution in [0, 0.1) is 0 Å². The number of hydrogen-bond acceptors (Lipinski definition) is 5. The molecule has 1 heterocycles. The zero-order valence-electron chi connectivity index (χ0n) is 13.3. The molecule has 0 unspecified atom stereocenters. The highest BCUT2D eigenvalue weighted by molar-refractivity contribution is 9.10. The van der Waals surface area contributed by atoms with Crippen molar-refractivity contribution in [3.8, 4) is 11.5 Å². The van der Waals surface area contributed by atoms with Gasteiger partial charge in [0.1, 0.15) is 16.4 Å². The van der Waals surface area contributed by atoms with Crippen LogP contribution in [-0.4, -0.2) is 53.1 Å². The lowest BCUT2D eigenvalue weighted by Gasteiger charge is -2.31. The van der Waals surface area contributed by atoms with Gasteiger partial charge in [0.25, 0.3) is 0 Å². The van der Waals surface area contributed by atoms with E-state index in [1.54, 1.807) is 13.1 Å². The van der Waals surface area contributed by atoms with Crippen molar-refractivity contribution in [3.63, 3.8) is 0 Å². The van der Waals surface area contributed by atoms with Gasteiger partial charge in [-0.15, -0.1) is 12.4 Å². The highest BCUT2D eigenvalue weighted by atomic mass is 79.9. The molecule has 1 N–H and O–H groups in total. The average Bonchev–Trinajstić information content (AvgIpc) is 2.54. The van der Waals surface area contributed by atoms with Crippen LogP contribution in [0.2, 0.25) is 0 Å². The number of nitrogens with one attached hydrogen (secondary N) is 1. The van der Waals surface area contributed by atoms with Crippen LogP contribution in [0.15, 0.2) is 21.5 Å². The Morgan fingerprint density at radius 3 is 2.26 bits per heavy atom. The molecule has 0 amide bonds. The van der Waals surface area contributed by atoms with Crippen LogP contribution in [0.5, 0.6) is 11.5 Å². The Labute approximate surface area is 152 Å². The molecule has 1 saturated heterocycles. The van der Waals surface area contributed by atoms with Crippen molar-refractivity contribution in [1.82, 2.24) is 9.62 Å². The van der Waals surface area contributed by atoms with Crippen molar-refractivity contribution in [3.05, 3.63) is 16.6 Å². The smallest absolute Gasteiger partial charge is 0.246 e. The summed E-state index contributed by atoms with van der Waals surface area (Å²) in [6.07, 6.45) is 1.60. The van der Waals surface area contributed by atoms with Crippen LogP contribution in [0.1, 0.15) is 12.8 Å². The third-order valence-electron chi connectivity index (χ3n) is 3.92. The molecule has 6 nitrogen and oxygen atoms in total. The number of nitrogens with zero attached hydrogens (tertiary/aromatic N) is 1. The van der Waals surface area contributed by atoms with E-state index in [4.69, 9.17) is 9.47 Å². The summed E-state index contributed by atoms with van der Waals surface area (Å²) >= 11 is 3.33. The highest BCUT2D eigenvalue weighted by Crippen LogP contribution is 2.37. The van der Waals surface area contributed by atoms with Crippen LogP contribution in [0.3, 0.4) is 0 Å². The first-order valence-corrected chi connectivity index (χ1v) is 9.25. The Bertz CT molecular complexity index is 636. The van der Waals surface area contributed by atoms with E-state index >= 15 is 0 Å². The Balaban J connectivity index is 0.00000264. The third-order valence-corrected chi connectivity index (χ3v) is 6.47. The van der Waals surface area contributed by atoms with Crippen LogP contribution in [0.25, 0.3) is 0 Å². The van der Waals surface area contributed by atoms with Gasteiger partial charge < -0.3 is 14.8 Å². The van der Waals surface area contributed by atoms with Crippen LogP contribution in [-0.2, 0) is 10.0 Å². The standard InChI is InChI=1S/C14H21BrN2O4S.ClH/c1-17(10-4-6-16-7-5-10)22(18,19)14-8-11(15)12(20-2)9-13(14)21-3;/h8-10,16H,4-7H2,1-3H3;1H. The SMILES string of the molecule is COc1cc(OC)c(S(=O)(=O)N(C)C2CCNCC2)cc1Br.Cl. The number of benzene rings is 1. The molecule has 1 fully saturated rings. The molecule has 132 valence electrons. The van der Waals surface area contributed by atoms with E-state index < -0.39 is 10.0 Å². The summed E-state index contributed by atoms with van der Waals surface area (Å²) in [5, 5.41) is 3.24. The van der Waals surface area contributed by atoms with E-state index in [-0.39, 0.29) is 29.1 Å². The lowest BCUT2D eigenvalue weighted by molar-refractivity contribution is 0.295. The summed E-state index contributed by atoms with van der Waals surface area (Å²) in [5.41, 5.74) is 0. The van der Waals surface area contributed by atoms with Crippen molar-refractivity contribution in [2.45, 2.75) is 23.8 Å². The van der Waals surface area contributed by atoms with E-state index in [0.717, 1.165) is 25.9 Å². The van der Waals surface area contributed by atoms with Gasteiger partial charge in [0, 0.05) is 19.2 Å². The first-order valence-electron chi connectivity index (χ1n) is 7.02. The Morgan fingerprint density at radius 1 is 1.17 bits per heavy atom. The second kappa shape index (κ2) is 8.53. The molecule has 1 aromatic carbocycles. The molecular formula is C14H22BrClN2O4S. The quantitative estimate of drug-likeness (QED) is 0.777. The summed E-state index contributed by atoms with van der Waals surface area (Å²) in [4.78, 5) is 0.142. The first-order chi connectivity index (χ1) is 10.4. The normalized spacial score (nSPS) is 16.0. The maximum atomic E-state index is 12.9. The third kappa shape index (κ3) is 4.30. The molecule has 2 rings (SSSR count). The van der Waals surface area contributed by atoms with Gasteiger partial charge in [-0.25, -0.2) is 8.42 Å². The fourth-order valence-electron chi connectivity index (χ4n) is 2.56. The summed E-state index contributed by atoms with van der Waals surface area (Å²) in [6, 6.07) is 3.11. The molecular weight excluding hydrogens is 408 g/mol. The van der Waals surface area contributed by atoms with Gasteiger partial charge in [-0.05, 0) is 47.9 Å². The number of sulfonamides is 1. The predicted octanol–water partition coefficient (Wildman–Crippen LogP) is 2.26. The molecule has 0 aromatic heterocycles. The predicted molar refractivity (Wildman–Crippen MR) is 95.3 cm³/mol. The minimum Gasteiger partial charge on any atom is -0.495 e. The fraction of sp³-hybridized carbons (Fsp3) is 0.571. The lowest BCUT2D eigenvalue weighted by atomic mass is 10.1. The summed E-state index contributed by atoms with van der Waals surface area (Å²) in [6.45, 7) is 1.65. The molecule has 0 atom stereocenters. The largest absolute Gasteiger partial charge is 0.495 e. The highest BCUT2D eigenvalue weighted by Gasteiger charge is 2.32. The minimum atomic E-state index is -3.63. The minimum absolute atomic E-state index is 0. The molecule has 0 bridgehead atoms. The van der Waals surface area contributed by atoms with Crippen molar-refractivity contribution in [2.75, 3.05) is 34.4 Å². The monoisotopic (exact) mass is 428 g/mol. The molecule has 0 spiro atoms. The molecule has 1 aliphatic heterocycles. The number of piperidine rings is 1. The molecule has 0 radical (unpaired) electrons. The van der Waals surface area contributed by atoms with Gasteiger partial charge in [-0.1, -0.05) is 0 Å². The van der Waals surface area contributed by atoms with Crippen LogP contribution >= 0.6 is 28.3 Å². The van der Waals surface area contributed by atoms with Gasteiger partial charge in [-0.2, -0.15) is 4.31 Å². The number of ether oxygens (including phenoxy) is 2. The van der Waals surface area contributed by atoms with Gasteiger partial charge in [-0.3, -0.25) is 0 Å². The molecule has 23 heavy (non-hydrogen) atoms. The molecule has 0 saturated carbocycles. The van der Waals surface area contributed by atoms with E-state index in [1.807, 2.05) is 0 Å². The number of hydrogen-bond donors (Lipinski definition) is 1. The van der Waals surface area contributed by atoms with Crippen molar-refractivity contribution < 1.29 is 17.9 Å². The second-order valence-corrected chi connectivity index (χ2v) is 7.96. The number of methoxy groups -OCH3 is 2. The maximum absolute atomic E-state index is 12.9. The van der Waals surface area contributed by atoms with Gasteiger partial charge >= 0.3 is 0 Å². The zero-order valence-corrected chi connectivity index (χ0v) is 16.6. The summed E-state index contributed by atoms with van der Waals surface area (Å²) < 4.78 is 38.3. The van der Waals surface area contributed by atoms with Crippen molar-refractivity contribution >= 4 is 38.4 Å². The molecule has 1 aliphatic rings. The van der Waals surface area contributed by atoms with Crippen molar-refractivity contribution in [2.24, 2.45) is 0 Å². The Kier molecular flexibility index (Phi) is 7.60. The van der Waals surface area contributed by atoms with Gasteiger partial charge in [0.15, 0.2) is 0 Å². The second-order valence-electron chi connectivity index (χ2n) is 5.14. The first kappa shape index (κ1) is 20.5. The summed E-state index contributed by atoms with van der Waals surface area (Å²) in [7, 11) is 0.967. The van der Waals surface area contributed by atoms with Crippen LogP contribution < -0.4 is 14.8 Å². The van der Waals surface area contributed by atoms with E-state index in [2.05, 4.69) is 21.2 Å². The maximum Gasteiger partial charge on any atom is 0.246 e. The Hall–Kier alpha value is -0.540. The topological polar surface area (TPSA) is 67.9 Å². The van der Waals surface area contributed by atoms with Crippen LogP contribution in [0.4, 0.5) is 0 Å². The average molecular weight is 430 g/mol. The van der Waals surface area contributed by atoms with Crippen molar-refractivity contribution in [1.29, 1.82) is 0 Å². The Morgan fingerprint density at radius 2 is 1.74 bits per heavy atom. The van der Waals surface area contributed by atoms with E-state index in [1.165, 1.54) is 24.6 Å². The number of halogens is 2. The van der Waals surface area contributed by atoms with E-state index in [0.29, 0.717) is 10.2 Å². The van der Waals surface area contributed by atoms with E-state index in [9.17, 15) is 8.42 Å². The zero-order chi connectivity index (χ0) is 16.3. The fourth-order valence-corrected chi connectivity index (χ4v) is 4.79. The van der Waals surface area contributed by atoms with Gasteiger partial charge in [0.2, 0.25) is 10.0 Å². The molecule has 1 aromatic rings. The van der Waals surface area contributed by atoms with Gasteiger partial charge in [0.05, 0.1) is 18.7 Å². The molecule has 9 heteroatoms. The summed E-state index contributed by atoms with van der Waals surface area (Å²) in [5.74, 6) is 0.807.